The van der Waals surface area contributed by atoms with Crippen molar-refractivity contribution in [2.75, 3.05) is 33.4 Å². The third kappa shape index (κ3) is 6.65. The summed E-state index contributed by atoms with van der Waals surface area (Å²) in [6, 6.07) is 9.15. The van der Waals surface area contributed by atoms with Crippen LogP contribution >= 0.6 is 11.3 Å². The van der Waals surface area contributed by atoms with Crippen LogP contribution in [0, 0.1) is 5.92 Å². The average molecular weight is 488 g/mol. The number of nitrogens with zero attached hydrogens (tertiary/aromatic N) is 2. The van der Waals surface area contributed by atoms with Crippen molar-refractivity contribution in [3.63, 3.8) is 0 Å². The number of carbonyl (C=O) groups excluding carboxylic acids is 2. The predicted octanol–water partition coefficient (Wildman–Crippen LogP) is 4.73. The van der Waals surface area contributed by atoms with Gasteiger partial charge in [0.15, 0.2) is 11.5 Å². The highest BCUT2D eigenvalue weighted by molar-refractivity contribution is 7.10. The van der Waals surface area contributed by atoms with Crippen LogP contribution in [0.1, 0.15) is 51.1 Å². The van der Waals surface area contributed by atoms with Gasteiger partial charge in [0.25, 0.3) is 0 Å². The summed E-state index contributed by atoms with van der Waals surface area (Å²) in [5, 5.41) is 5.06. The minimum absolute atomic E-state index is 0.0325. The van der Waals surface area contributed by atoms with E-state index in [9.17, 15) is 9.59 Å². The maximum Gasteiger partial charge on any atom is 0.318 e. The molecular formula is C26H37N3O4S. The molecule has 2 heterocycles. The molecular weight excluding hydrogens is 450 g/mol. The van der Waals surface area contributed by atoms with Gasteiger partial charge < -0.3 is 24.6 Å². The van der Waals surface area contributed by atoms with E-state index in [1.165, 1.54) is 4.88 Å². The normalized spacial score (nSPS) is 15.6. The summed E-state index contributed by atoms with van der Waals surface area (Å²) in [6.45, 7) is 11.4. The van der Waals surface area contributed by atoms with Crippen LogP contribution in [0.3, 0.4) is 0 Å². The minimum Gasteiger partial charge on any atom is -0.493 e. The first-order valence-electron chi connectivity index (χ1n) is 11.8. The number of carbonyl (C=O) groups is 2. The topological polar surface area (TPSA) is 71.1 Å². The van der Waals surface area contributed by atoms with Crippen LogP contribution in [0.5, 0.6) is 11.5 Å². The third-order valence-electron chi connectivity index (χ3n) is 5.56. The Morgan fingerprint density at radius 2 is 1.91 bits per heavy atom. The van der Waals surface area contributed by atoms with E-state index in [4.69, 9.17) is 9.47 Å². The zero-order valence-electron chi connectivity index (χ0n) is 21.1. The largest absolute Gasteiger partial charge is 0.493 e. The molecule has 8 heteroatoms. The number of rotatable bonds is 8. The summed E-state index contributed by atoms with van der Waals surface area (Å²) in [7, 11) is 1.61. The van der Waals surface area contributed by atoms with Gasteiger partial charge in [-0.1, -0.05) is 26.0 Å². The number of para-hydroxylation sites is 2. The van der Waals surface area contributed by atoms with Gasteiger partial charge in [-0.15, -0.1) is 11.3 Å². The van der Waals surface area contributed by atoms with E-state index in [-0.39, 0.29) is 36.0 Å². The second-order valence-electron chi connectivity index (χ2n) is 10.1. The highest BCUT2D eigenvalue weighted by atomic mass is 32.1. The Kier molecular flexibility index (Phi) is 8.47. The number of ether oxygens (including phenoxy) is 2. The Hall–Kier alpha value is -2.74. The van der Waals surface area contributed by atoms with Crippen LogP contribution < -0.4 is 14.8 Å². The van der Waals surface area contributed by atoms with E-state index in [0.29, 0.717) is 31.2 Å². The van der Waals surface area contributed by atoms with E-state index < -0.39 is 0 Å². The fourth-order valence-corrected chi connectivity index (χ4v) is 5.02. The molecule has 1 unspecified atom stereocenters. The van der Waals surface area contributed by atoms with E-state index in [1.54, 1.807) is 23.3 Å². The average Bonchev–Trinajstić information content (AvgIpc) is 3.24. The number of benzene rings is 1. The number of methoxy groups -OCH3 is 1. The van der Waals surface area contributed by atoms with Crippen molar-refractivity contribution >= 4 is 23.3 Å². The summed E-state index contributed by atoms with van der Waals surface area (Å²) < 4.78 is 11.6. The lowest BCUT2D eigenvalue weighted by molar-refractivity contribution is -0.135. The molecule has 0 bridgehead atoms. The van der Waals surface area contributed by atoms with Gasteiger partial charge in [-0.2, -0.15) is 0 Å². The number of urea groups is 1. The highest BCUT2D eigenvalue weighted by Crippen LogP contribution is 2.35. The molecule has 0 saturated heterocycles. The molecule has 1 aromatic carbocycles. The first-order valence-corrected chi connectivity index (χ1v) is 12.7. The van der Waals surface area contributed by atoms with Crippen molar-refractivity contribution in [1.29, 1.82) is 0 Å². The van der Waals surface area contributed by atoms with Crippen LogP contribution in [0.4, 0.5) is 4.79 Å². The maximum atomic E-state index is 13.6. The number of hydrogen-bond donors (Lipinski definition) is 1. The molecule has 1 aromatic heterocycles. The number of fused-ring (bicyclic) bond motifs is 1. The van der Waals surface area contributed by atoms with Gasteiger partial charge in [0.05, 0.1) is 13.2 Å². The van der Waals surface area contributed by atoms with E-state index in [0.717, 1.165) is 12.0 Å². The molecule has 0 aliphatic carbocycles. The van der Waals surface area contributed by atoms with Crippen molar-refractivity contribution in [1.82, 2.24) is 15.1 Å². The Bertz CT molecular complexity index is 982. The summed E-state index contributed by atoms with van der Waals surface area (Å²) in [5.74, 6) is 1.47. The fraction of sp³-hybridized carbons (Fsp3) is 0.538. The summed E-state index contributed by atoms with van der Waals surface area (Å²) in [5.41, 5.74) is 0.742. The number of thiophene rings is 1. The zero-order chi connectivity index (χ0) is 24.9. The standard InChI is InChI=1S/C26H37N3O4S/c1-18(2)15-28(25(31)27-26(3,4)5)16-24(30)29-13-11-23-19(12-14-34-23)20(29)17-33-22-10-8-7-9-21(22)32-6/h7-10,12,14,18,20H,11,13,15-17H2,1-6H3,(H,27,31). The van der Waals surface area contributed by atoms with Gasteiger partial charge in [-0.3, -0.25) is 4.79 Å². The van der Waals surface area contributed by atoms with Crippen molar-refractivity contribution in [2.45, 2.75) is 52.6 Å². The molecule has 34 heavy (non-hydrogen) atoms. The SMILES string of the molecule is COc1ccccc1OCC1c2ccsc2CCN1C(=O)CN(CC(C)C)C(=O)NC(C)(C)C. The van der Waals surface area contributed by atoms with Crippen LogP contribution in [-0.2, 0) is 11.2 Å². The second kappa shape index (κ2) is 11.1. The lowest BCUT2D eigenvalue weighted by atomic mass is 10.0. The van der Waals surface area contributed by atoms with Gasteiger partial charge in [-0.05, 0) is 62.3 Å². The second-order valence-corrected chi connectivity index (χ2v) is 11.1. The first-order chi connectivity index (χ1) is 16.1. The van der Waals surface area contributed by atoms with Gasteiger partial charge in [0, 0.05) is 23.5 Å². The molecule has 0 radical (unpaired) electrons. The Morgan fingerprint density at radius 1 is 1.21 bits per heavy atom. The molecule has 1 N–H and O–H groups in total. The highest BCUT2D eigenvalue weighted by Gasteiger charge is 2.34. The summed E-state index contributed by atoms with van der Waals surface area (Å²) >= 11 is 1.71. The molecule has 3 rings (SSSR count). The molecule has 3 amide bonds. The molecule has 1 atom stereocenters. The number of nitrogens with one attached hydrogen (secondary N) is 1. The third-order valence-corrected chi connectivity index (χ3v) is 6.56. The first kappa shape index (κ1) is 25.9. The van der Waals surface area contributed by atoms with E-state index in [1.807, 2.05) is 63.8 Å². The lowest BCUT2D eigenvalue weighted by Crippen LogP contribution is -2.53. The molecule has 0 saturated carbocycles. The van der Waals surface area contributed by atoms with Crippen molar-refractivity contribution in [3.8, 4) is 11.5 Å². The molecule has 2 aromatic rings. The van der Waals surface area contributed by atoms with Crippen LogP contribution in [-0.4, -0.2) is 60.6 Å². The fourth-order valence-electron chi connectivity index (χ4n) is 4.10. The molecule has 7 nitrogen and oxygen atoms in total. The quantitative estimate of drug-likeness (QED) is 0.585. The lowest BCUT2D eigenvalue weighted by Gasteiger charge is -2.37. The number of hydrogen-bond acceptors (Lipinski definition) is 5. The Morgan fingerprint density at radius 3 is 2.56 bits per heavy atom. The molecule has 186 valence electrons. The molecule has 0 fully saturated rings. The van der Waals surface area contributed by atoms with E-state index >= 15 is 0 Å². The van der Waals surface area contributed by atoms with Gasteiger partial charge in [-0.25, -0.2) is 4.79 Å². The molecule has 0 spiro atoms. The molecule has 1 aliphatic heterocycles. The number of amides is 3. The van der Waals surface area contributed by atoms with Gasteiger partial charge in [0.2, 0.25) is 5.91 Å². The molecule has 1 aliphatic rings. The maximum absolute atomic E-state index is 13.6. The summed E-state index contributed by atoms with van der Waals surface area (Å²) in [4.78, 5) is 31.3. The zero-order valence-corrected chi connectivity index (χ0v) is 21.9. The monoisotopic (exact) mass is 487 g/mol. The minimum atomic E-state index is -0.378. The van der Waals surface area contributed by atoms with Crippen molar-refractivity contribution in [3.05, 3.63) is 46.2 Å². The van der Waals surface area contributed by atoms with E-state index in [2.05, 4.69) is 16.8 Å². The summed E-state index contributed by atoms with van der Waals surface area (Å²) in [6.07, 6.45) is 0.808. The van der Waals surface area contributed by atoms with Crippen LogP contribution in [0.2, 0.25) is 0 Å². The van der Waals surface area contributed by atoms with Crippen molar-refractivity contribution < 1.29 is 19.1 Å². The Labute approximate surface area is 207 Å². The van der Waals surface area contributed by atoms with Crippen molar-refractivity contribution in [2.24, 2.45) is 5.92 Å². The van der Waals surface area contributed by atoms with Gasteiger partial charge in [0.1, 0.15) is 13.2 Å². The smallest absolute Gasteiger partial charge is 0.318 e. The van der Waals surface area contributed by atoms with Gasteiger partial charge >= 0.3 is 6.03 Å². The van der Waals surface area contributed by atoms with Crippen LogP contribution in [0.15, 0.2) is 35.7 Å². The van der Waals surface area contributed by atoms with Crippen LogP contribution in [0.25, 0.3) is 0 Å². The Balaban J connectivity index is 1.79. The predicted molar refractivity (Wildman–Crippen MR) is 136 cm³/mol.